The second-order valence-corrected chi connectivity index (χ2v) is 4.56. The van der Waals surface area contributed by atoms with Crippen LogP contribution in [0.4, 0.5) is 0 Å². The minimum atomic E-state index is 0. The van der Waals surface area contributed by atoms with Crippen LogP contribution in [0.3, 0.4) is 0 Å². The van der Waals surface area contributed by atoms with Gasteiger partial charge in [0.15, 0.2) is 0 Å². The molecule has 0 aromatic rings. The minimum Gasteiger partial charge on any atom is -0.381 e. The van der Waals surface area contributed by atoms with Gasteiger partial charge in [0, 0.05) is 77.0 Å². The van der Waals surface area contributed by atoms with E-state index in [0.717, 1.165) is 26.4 Å². The molecule has 0 aromatic carbocycles. The van der Waals surface area contributed by atoms with Crippen LogP contribution in [0.1, 0.15) is 25.7 Å². The van der Waals surface area contributed by atoms with Gasteiger partial charge in [-0.3, -0.25) is 0 Å². The molecule has 2 saturated heterocycles. The first-order chi connectivity index (χ1) is 10.0. The predicted octanol–water partition coefficient (Wildman–Crippen LogP) is 3.85. The number of rotatable bonds is 0. The molecule has 2 fully saturated rings. The van der Waals surface area contributed by atoms with Crippen molar-refractivity contribution in [1.29, 1.82) is 0 Å². The van der Waals surface area contributed by atoms with E-state index in [-0.39, 0.29) is 37.7 Å². The molecule has 4 aliphatic rings. The second-order valence-electron chi connectivity index (χ2n) is 4.56. The predicted molar refractivity (Wildman–Crippen MR) is 91.0 cm³/mol. The normalized spacial score (nSPS) is 19.8. The van der Waals surface area contributed by atoms with Gasteiger partial charge in [0.1, 0.15) is 0 Å². The zero-order chi connectivity index (χ0) is 14.1. The van der Waals surface area contributed by atoms with Crippen LogP contribution in [0.5, 0.6) is 0 Å². The summed E-state index contributed by atoms with van der Waals surface area (Å²) in [4.78, 5) is 0. The Morgan fingerprint density at radius 1 is 0.429 bits per heavy atom. The molecule has 0 spiro atoms. The van der Waals surface area contributed by atoms with E-state index in [1.165, 1.54) is 25.7 Å². The molecule has 4 rings (SSSR count). The maximum absolute atomic E-state index is 4.94. The third-order valence-electron chi connectivity index (χ3n) is 2.77. The molecule has 0 bridgehead atoms. The van der Waals surface area contributed by atoms with Gasteiger partial charge in [-0.2, -0.15) is 0 Å². The minimum absolute atomic E-state index is 0. The molecule has 0 unspecified atom stereocenters. The second kappa shape index (κ2) is 18.2. The monoisotopic (exact) mass is 314 g/mol. The molecule has 3 heteroatoms. The average molecular weight is 314 g/mol. The zero-order valence-electron chi connectivity index (χ0n) is 13.0. The third-order valence-corrected chi connectivity index (χ3v) is 2.77. The molecule has 2 aliphatic carbocycles. The van der Waals surface area contributed by atoms with E-state index in [2.05, 4.69) is 0 Å². The van der Waals surface area contributed by atoms with Crippen LogP contribution in [-0.4, -0.2) is 64.2 Å². The van der Waals surface area contributed by atoms with Crippen LogP contribution >= 0.6 is 0 Å². The Bertz CT molecular complexity index is 244. The smallest absolute Gasteiger partial charge is 0.0466 e. The van der Waals surface area contributed by atoms with Crippen molar-refractivity contribution in [2.75, 3.05) is 26.4 Å². The molecule has 2 heterocycles. The Kier molecular flexibility index (Phi) is 18.3. The first kappa shape index (κ1) is 21.1. The Balaban J connectivity index is 0.000000250. The topological polar surface area (TPSA) is 18.5 Å². The molecule has 4 radical (unpaired) electrons. The summed E-state index contributed by atoms with van der Waals surface area (Å²) in [6, 6.07) is 0. The van der Waals surface area contributed by atoms with Gasteiger partial charge in [-0.25, -0.2) is 0 Å². The van der Waals surface area contributed by atoms with Crippen molar-refractivity contribution in [2.45, 2.75) is 25.7 Å². The SMILES string of the molecule is C1CCOC1.C1CCOC1.[CH]1C=CC=C1.[CH]1C=CC=C1.[Ca]. The van der Waals surface area contributed by atoms with Gasteiger partial charge in [-0.1, -0.05) is 48.6 Å². The third kappa shape index (κ3) is 16.3. The fourth-order valence-corrected chi connectivity index (χ4v) is 1.66. The molecule has 0 N–H and O–H groups in total. The summed E-state index contributed by atoms with van der Waals surface area (Å²) in [6.07, 6.45) is 25.1. The van der Waals surface area contributed by atoms with Gasteiger partial charge in [0.25, 0.3) is 0 Å². The first-order valence-corrected chi connectivity index (χ1v) is 7.49. The molecule has 2 nitrogen and oxygen atoms in total. The molecule has 0 aromatic heterocycles. The van der Waals surface area contributed by atoms with Gasteiger partial charge < -0.3 is 9.47 Å². The molecular formula is C18H26CaO2. The number of hydrogen-bond acceptors (Lipinski definition) is 2. The summed E-state index contributed by atoms with van der Waals surface area (Å²) in [5, 5.41) is 0. The molecule has 0 saturated carbocycles. The Labute approximate surface area is 160 Å². The molecular weight excluding hydrogens is 288 g/mol. The summed E-state index contributed by atoms with van der Waals surface area (Å²) >= 11 is 0. The fraction of sp³-hybridized carbons (Fsp3) is 0.444. The fourth-order valence-electron chi connectivity index (χ4n) is 1.66. The van der Waals surface area contributed by atoms with Crippen molar-refractivity contribution in [3.05, 3.63) is 61.4 Å². The Morgan fingerprint density at radius 2 is 0.714 bits per heavy atom. The van der Waals surface area contributed by atoms with Gasteiger partial charge >= 0.3 is 0 Å². The van der Waals surface area contributed by atoms with Gasteiger partial charge in [0.05, 0.1) is 0 Å². The van der Waals surface area contributed by atoms with Crippen molar-refractivity contribution in [3.8, 4) is 0 Å². The summed E-state index contributed by atoms with van der Waals surface area (Å²) in [7, 11) is 0. The summed E-state index contributed by atoms with van der Waals surface area (Å²) < 4.78 is 9.89. The molecule has 21 heavy (non-hydrogen) atoms. The number of allylic oxidation sites excluding steroid dienone is 8. The molecule has 0 amide bonds. The van der Waals surface area contributed by atoms with Crippen molar-refractivity contribution in [1.82, 2.24) is 0 Å². The molecule has 0 atom stereocenters. The largest absolute Gasteiger partial charge is 0.381 e. The zero-order valence-corrected chi connectivity index (χ0v) is 15.2. The van der Waals surface area contributed by atoms with Crippen LogP contribution in [-0.2, 0) is 9.47 Å². The van der Waals surface area contributed by atoms with Gasteiger partial charge in [-0.05, 0) is 25.7 Å². The van der Waals surface area contributed by atoms with Crippen LogP contribution in [0, 0.1) is 12.8 Å². The van der Waals surface area contributed by atoms with E-state index in [9.17, 15) is 0 Å². The van der Waals surface area contributed by atoms with Crippen LogP contribution in [0.2, 0.25) is 0 Å². The summed E-state index contributed by atoms with van der Waals surface area (Å²) in [5.41, 5.74) is 0. The van der Waals surface area contributed by atoms with Crippen molar-refractivity contribution in [3.63, 3.8) is 0 Å². The molecule has 2 aliphatic heterocycles. The Hall–Kier alpha value is 0.140. The van der Waals surface area contributed by atoms with E-state index < -0.39 is 0 Å². The van der Waals surface area contributed by atoms with Crippen molar-refractivity contribution >= 4 is 37.7 Å². The summed E-state index contributed by atoms with van der Waals surface area (Å²) in [6.45, 7) is 4.00. The van der Waals surface area contributed by atoms with E-state index in [1.54, 1.807) is 0 Å². The van der Waals surface area contributed by atoms with E-state index in [0.29, 0.717) is 0 Å². The average Bonchev–Trinajstić information content (AvgIpc) is 3.40. The van der Waals surface area contributed by atoms with E-state index >= 15 is 0 Å². The maximum Gasteiger partial charge on any atom is 0.0466 e. The summed E-state index contributed by atoms with van der Waals surface area (Å²) in [5.74, 6) is 0. The van der Waals surface area contributed by atoms with Crippen molar-refractivity contribution in [2.24, 2.45) is 0 Å². The molecule has 112 valence electrons. The standard InChI is InChI=1S/2C5H5.2C4H8O.Ca/c4*1-2-4-5-3-1;/h2*1-5H;2*1-4H2;. The first-order valence-electron chi connectivity index (χ1n) is 7.49. The number of ether oxygens (including phenoxy) is 2. The van der Waals surface area contributed by atoms with Crippen LogP contribution in [0.25, 0.3) is 0 Å². The van der Waals surface area contributed by atoms with Crippen LogP contribution in [0.15, 0.2) is 48.6 Å². The van der Waals surface area contributed by atoms with Crippen LogP contribution < -0.4 is 0 Å². The van der Waals surface area contributed by atoms with Gasteiger partial charge in [-0.15, -0.1) is 0 Å². The maximum atomic E-state index is 4.94. The van der Waals surface area contributed by atoms with Gasteiger partial charge in [0.2, 0.25) is 0 Å². The number of hydrogen-bond donors (Lipinski definition) is 0. The van der Waals surface area contributed by atoms with E-state index in [1.807, 2.05) is 61.4 Å². The quantitative estimate of drug-likeness (QED) is 0.632. The Morgan fingerprint density at radius 3 is 0.810 bits per heavy atom. The van der Waals surface area contributed by atoms with Crippen molar-refractivity contribution < 1.29 is 9.47 Å². The van der Waals surface area contributed by atoms with E-state index in [4.69, 9.17) is 9.47 Å².